The molecular formula is C12H15F3N2O2. The predicted octanol–water partition coefficient (Wildman–Crippen LogP) is 2.00. The lowest BCUT2D eigenvalue weighted by Gasteiger charge is -2.16. The molecule has 0 amide bonds. The van der Waals surface area contributed by atoms with Crippen LogP contribution in [0.4, 0.5) is 13.2 Å². The molecule has 7 heteroatoms. The quantitative estimate of drug-likeness (QED) is 0.834. The molecule has 1 rings (SSSR count). The molecule has 0 fully saturated rings. The number of aliphatic carboxylic acids is 1. The third-order valence-electron chi connectivity index (χ3n) is 2.70. The summed E-state index contributed by atoms with van der Waals surface area (Å²) >= 11 is 0. The summed E-state index contributed by atoms with van der Waals surface area (Å²) in [6.45, 7) is 1.36. The lowest BCUT2D eigenvalue weighted by atomic mass is 10.1. The molecular weight excluding hydrogens is 261 g/mol. The Kier molecular flexibility index (Phi) is 5.29. The Balaban J connectivity index is 2.60. The standard InChI is InChI=1S/C12H15F3N2O2/c1-2-8-4-3-5-17-10(8)7-16-6-9(11(18)19)12(13,14)15/h3-5,9,16H,2,6-7H2,1H3,(H,18,19). The van der Waals surface area contributed by atoms with Gasteiger partial charge < -0.3 is 10.4 Å². The predicted molar refractivity (Wildman–Crippen MR) is 62.5 cm³/mol. The minimum atomic E-state index is -4.75. The number of carboxylic acid groups (broad SMARTS) is 1. The third-order valence-corrected chi connectivity index (χ3v) is 2.70. The van der Waals surface area contributed by atoms with Gasteiger partial charge in [-0.1, -0.05) is 13.0 Å². The summed E-state index contributed by atoms with van der Waals surface area (Å²) in [7, 11) is 0. The fourth-order valence-corrected chi connectivity index (χ4v) is 1.63. The van der Waals surface area contributed by atoms with E-state index in [0.29, 0.717) is 12.1 Å². The van der Waals surface area contributed by atoms with Gasteiger partial charge in [0, 0.05) is 19.3 Å². The van der Waals surface area contributed by atoms with Crippen LogP contribution in [0.3, 0.4) is 0 Å². The monoisotopic (exact) mass is 276 g/mol. The fraction of sp³-hybridized carbons (Fsp3) is 0.500. The lowest BCUT2D eigenvalue weighted by Crippen LogP contribution is -2.39. The second kappa shape index (κ2) is 6.51. The molecule has 0 radical (unpaired) electrons. The number of alkyl halides is 3. The Morgan fingerprint density at radius 1 is 1.53 bits per heavy atom. The molecule has 0 aliphatic carbocycles. The Bertz CT molecular complexity index is 435. The first kappa shape index (κ1) is 15.4. The minimum absolute atomic E-state index is 0.115. The van der Waals surface area contributed by atoms with Crippen molar-refractivity contribution in [3.63, 3.8) is 0 Å². The topological polar surface area (TPSA) is 62.2 Å². The van der Waals surface area contributed by atoms with E-state index in [-0.39, 0.29) is 6.54 Å². The van der Waals surface area contributed by atoms with E-state index < -0.39 is 24.6 Å². The van der Waals surface area contributed by atoms with Gasteiger partial charge in [-0.2, -0.15) is 13.2 Å². The van der Waals surface area contributed by atoms with Crippen LogP contribution in [0.5, 0.6) is 0 Å². The number of halogens is 3. The van der Waals surface area contributed by atoms with Crippen molar-refractivity contribution in [1.29, 1.82) is 0 Å². The maximum Gasteiger partial charge on any atom is 0.403 e. The van der Waals surface area contributed by atoms with E-state index >= 15 is 0 Å². The van der Waals surface area contributed by atoms with E-state index in [1.54, 1.807) is 12.3 Å². The number of rotatable bonds is 6. The summed E-state index contributed by atoms with van der Waals surface area (Å²) in [4.78, 5) is 14.6. The number of hydrogen-bond acceptors (Lipinski definition) is 3. The fourth-order valence-electron chi connectivity index (χ4n) is 1.63. The van der Waals surface area contributed by atoms with Gasteiger partial charge in [-0.15, -0.1) is 0 Å². The zero-order chi connectivity index (χ0) is 14.5. The zero-order valence-electron chi connectivity index (χ0n) is 10.4. The van der Waals surface area contributed by atoms with Gasteiger partial charge >= 0.3 is 12.1 Å². The maximum absolute atomic E-state index is 12.4. The van der Waals surface area contributed by atoms with Crippen molar-refractivity contribution in [2.75, 3.05) is 6.54 Å². The summed E-state index contributed by atoms with van der Waals surface area (Å²) in [5.74, 6) is -4.28. The van der Waals surface area contributed by atoms with Crippen molar-refractivity contribution >= 4 is 5.97 Å². The Morgan fingerprint density at radius 3 is 2.74 bits per heavy atom. The van der Waals surface area contributed by atoms with E-state index in [2.05, 4.69) is 10.3 Å². The Morgan fingerprint density at radius 2 is 2.21 bits per heavy atom. The molecule has 2 N–H and O–H groups in total. The molecule has 0 spiro atoms. The van der Waals surface area contributed by atoms with Gasteiger partial charge in [0.2, 0.25) is 0 Å². The van der Waals surface area contributed by atoms with E-state index in [1.807, 2.05) is 13.0 Å². The molecule has 1 unspecified atom stereocenters. The Hall–Kier alpha value is -1.63. The Labute approximate surface area is 108 Å². The second-order valence-electron chi connectivity index (χ2n) is 4.03. The van der Waals surface area contributed by atoms with Gasteiger partial charge in [-0.3, -0.25) is 9.78 Å². The van der Waals surface area contributed by atoms with E-state index in [9.17, 15) is 18.0 Å². The van der Waals surface area contributed by atoms with E-state index in [1.165, 1.54) is 0 Å². The van der Waals surface area contributed by atoms with Gasteiger partial charge in [-0.05, 0) is 18.1 Å². The minimum Gasteiger partial charge on any atom is -0.481 e. The molecule has 0 saturated carbocycles. The van der Waals surface area contributed by atoms with Crippen molar-refractivity contribution in [2.45, 2.75) is 26.1 Å². The molecule has 0 aromatic carbocycles. The number of pyridine rings is 1. The van der Waals surface area contributed by atoms with Crippen LogP contribution >= 0.6 is 0 Å². The SMILES string of the molecule is CCc1cccnc1CNCC(C(=O)O)C(F)(F)F. The lowest BCUT2D eigenvalue weighted by molar-refractivity contribution is -0.192. The zero-order valence-corrected chi connectivity index (χ0v) is 10.4. The summed E-state index contributed by atoms with van der Waals surface area (Å²) in [5, 5.41) is 11.0. The van der Waals surface area contributed by atoms with Crippen LogP contribution in [0.25, 0.3) is 0 Å². The molecule has 1 aromatic heterocycles. The van der Waals surface area contributed by atoms with Crippen molar-refractivity contribution in [3.05, 3.63) is 29.6 Å². The highest BCUT2D eigenvalue weighted by molar-refractivity contribution is 5.71. The highest BCUT2D eigenvalue weighted by atomic mass is 19.4. The van der Waals surface area contributed by atoms with Crippen LogP contribution in [0.15, 0.2) is 18.3 Å². The third kappa shape index (κ3) is 4.51. The van der Waals surface area contributed by atoms with Crippen LogP contribution in [0, 0.1) is 5.92 Å². The molecule has 0 aliphatic rings. The van der Waals surface area contributed by atoms with Crippen molar-refractivity contribution in [3.8, 4) is 0 Å². The van der Waals surface area contributed by atoms with E-state index in [0.717, 1.165) is 5.56 Å². The first-order chi connectivity index (χ1) is 8.86. The molecule has 4 nitrogen and oxygen atoms in total. The smallest absolute Gasteiger partial charge is 0.403 e. The van der Waals surface area contributed by atoms with Crippen LogP contribution in [-0.2, 0) is 17.8 Å². The summed E-state index contributed by atoms with van der Waals surface area (Å²) in [5.41, 5.74) is 1.56. The average Bonchev–Trinajstić information content (AvgIpc) is 2.33. The molecule has 1 atom stereocenters. The first-order valence-corrected chi connectivity index (χ1v) is 5.79. The maximum atomic E-state index is 12.4. The van der Waals surface area contributed by atoms with Gasteiger partial charge in [0.05, 0.1) is 5.69 Å². The molecule has 19 heavy (non-hydrogen) atoms. The number of carboxylic acids is 1. The number of nitrogens with one attached hydrogen (secondary N) is 1. The van der Waals surface area contributed by atoms with E-state index in [4.69, 9.17) is 5.11 Å². The van der Waals surface area contributed by atoms with Crippen LogP contribution in [0.1, 0.15) is 18.2 Å². The van der Waals surface area contributed by atoms with Gasteiger partial charge in [0.1, 0.15) is 0 Å². The summed E-state index contributed by atoms with van der Waals surface area (Å²) in [6.07, 6.45) is -2.49. The largest absolute Gasteiger partial charge is 0.481 e. The van der Waals surface area contributed by atoms with Crippen LogP contribution < -0.4 is 5.32 Å². The number of nitrogens with zero attached hydrogens (tertiary/aromatic N) is 1. The van der Waals surface area contributed by atoms with Crippen LogP contribution in [-0.4, -0.2) is 28.8 Å². The average molecular weight is 276 g/mol. The molecule has 0 aliphatic heterocycles. The normalized spacial score (nSPS) is 13.3. The van der Waals surface area contributed by atoms with Gasteiger partial charge in [-0.25, -0.2) is 0 Å². The van der Waals surface area contributed by atoms with Gasteiger partial charge in [0.15, 0.2) is 5.92 Å². The molecule has 106 valence electrons. The van der Waals surface area contributed by atoms with Crippen molar-refractivity contribution in [2.24, 2.45) is 5.92 Å². The number of hydrogen-bond donors (Lipinski definition) is 2. The molecule has 0 bridgehead atoms. The van der Waals surface area contributed by atoms with Crippen LogP contribution in [0.2, 0.25) is 0 Å². The summed E-state index contributed by atoms with van der Waals surface area (Å²) < 4.78 is 37.2. The summed E-state index contributed by atoms with van der Waals surface area (Å²) in [6, 6.07) is 3.58. The van der Waals surface area contributed by atoms with Crippen molar-refractivity contribution in [1.82, 2.24) is 10.3 Å². The van der Waals surface area contributed by atoms with Gasteiger partial charge in [0.25, 0.3) is 0 Å². The second-order valence-corrected chi connectivity index (χ2v) is 4.03. The highest BCUT2D eigenvalue weighted by Crippen LogP contribution is 2.25. The number of aromatic nitrogens is 1. The molecule has 0 saturated heterocycles. The first-order valence-electron chi connectivity index (χ1n) is 5.79. The molecule has 1 aromatic rings. The van der Waals surface area contributed by atoms with Crippen molar-refractivity contribution < 1.29 is 23.1 Å². The number of aryl methyl sites for hydroxylation is 1. The number of carbonyl (C=O) groups is 1. The highest BCUT2D eigenvalue weighted by Gasteiger charge is 2.44. The molecule has 1 heterocycles.